The maximum Gasteiger partial charge on any atom is 0.115 e. The van der Waals surface area contributed by atoms with Crippen LogP contribution in [-0.2, 0) is 0 Å². The Bertz CT molecular complexity index is 499. The lowest BCUT2D eigenvalue weighted by Gasteiger charge is -2.06. The second kappa shape index (κ2) is 5.20. The van der Waals surface area contributed by atoms with Gasteiger partial charge in [-0.1, -0.05) is 0 Å². The van der Waals surface area contributed by atoms with Crippen molar-refractivity contribution in [2.75, 3.05) is 0 Å². The molecule has 0 saturated carbocycles. The SMILES string of the molecule is Cc1cc(C(O)c2cc(Br)sc2Br)sc1Br. The normalized spacial score (nSPS) is 13.1. The van der Waals surface area contributed by atoms with Crippen LogP contribution in [0.1, 0.15) is 22.1 Å². The fourth-order valence-corrected chi connectivity index (χ4v) is 5.77. The van der Waals surface area contributed by atoms with Crippen molar-refractivity contribution in [1.29, 1.82) is 0 Å². The monoisotopic (exact) mass is 444 g/mol. The fraction of sp³-hybridized carbons (Fsp3) is 0.200. The van der Waals surface area contributed by atoms with Crippen LogP contribution in [0, 0.1) is 6.92 Å². The Morgan fingerprint density at radius 1 is 1.12 bits per heavy atom. The zero-order valence-corrected chi connectivity index (χ0v) is 14.5. The first kappa shape index (κ1) is 13.2. The van der Waals surface area contributed by atoms with E-state index in [-0.39, 0.29) is 0 Å². The smallest absolute Gasteiger partial charge is 0.115 e. The van der Waals surface area contributed by atoms with Crippen LogP contribution in [0.15, 0.2) is 23.5 Å². The van der Waals surface area contributed by atoms with Gasteiger partial charge in [-0.2, -0.15) is 0 Å². The Morgan fingerprint density at radius 2 is 1.81 bits per heavy atom. The van der Waals surface area contributed by atoms with Crippen molar-refractivity contribution in [3.8, 4) is 0 Å². The lowest BCUT2D eigenvalue weighted by atomic mass is 10.1. The number of thiophene rings is 2. The second-order valence-corrected chi connectivity index (χ2v) is 9.44. The van der Waals surface area contributed by atoms with E-state index in [2.05, 4.69) is 47.8 Å². The molecule has 2 rings (SSSR count). The molecule has 0 aliphatic carbocycles. The van der Waals surface area contributed by atoms with Crippen LogP contribution in [-0.4, -0.2) is 5.11 Å². The Balaban J connectivity index is 2.38. The summed E-state index contributed by atoms with van der Waals surface area (Å²) >= 11 is 13.5. The molecular formula is C10H7Br3OS2. The highest BCUT2D eigenvalue weighted by atomic mass is 79.9. The van der Waals surface area contributed by atoms with E-state index in [1.807, 2.05) is 19.1 Å². The summed E-state index contributed by atoms with van der Waals surface area (Å²) in [6.07, 6.45) is -0.563. The number of hydrogen-bond acceptors (Lipinski definition) is 3. The minimum Gasteiger partial charge on any atom is -0.383 e. The van der Waals surface area contributed by atoms with E-state index >= 15 is 0 Å². The van der Waals surface area contributed by atoms with Gasteiger partial charge in [0, 0.05) is 10.4 Å². The summed E-state index contributed by atoms with van der Waals surface area (Å²) in [4.78, 5) is 0.954. The first-order valence-corrected chi connectivity index (χ1v) is 8.39. The zero-order valence-electron chi connectivity index (χ0n) is 8.13. The van der Waals surface area contributed by atoms with Gasteiger partial charge in [0.25, 0.3) is 0 Å². The predicted octanol–water partition coefficient (Wildman–Crippen LogP) is 5.49. The maximum atomic E-state index is 10.3. The first-order chi connectivity index (χ1) is 7.49. The van der Waals surface area contributed by atoms with Gasteiger partial charge in [0.1, 0.15) is 6.10 Å². The molecular weight excluding hydrogens is 440 g/mol. The van der Waals surface area contributed by atoms with Crippen LogP contribution in [0.25, 0.3) is 0 Å². The van der Waals surface area contributed by atoms with Crippen LogP contribution < -0.4 is 0 Å². The van der Waals surface area contributed by atoms with Gasteiger partial charge in [-0.3, -0.25) is 0 Å². The number of hydrogen-bond donors (Lipinski definition) is 1. The molecule has 0 amide bonds. The van der Waals surface area contributed by atoms with E-state index in [0.29, 0.717) is 0 Å². The third-order valence-corrected chi connectivity index (χ3v) is 6.70. The number of aliphatic hydroxyl groups excluding tert-OH is 1. The highest BCUT2D eigenvalue weighted by Crippen LogP contribution is 2.41. The van der Waals surface area contributed by atoms with Crippen molar-refractivity contribution < 1.29 is 5.11 Å². The number of aryl methyl sites for hydroxylation is 1. The minimum atomic E-state index is -0.563. The van der Waals surface area contributed by atoms with Crippen LogP contribution in [0.5, 0.6) is 0 Å². The maximum absolute atomic E-state index is 10.3. The van der Waals surface area contributed by atoms with Gasteiger partial charge in [-0.15, -0.1) is 22.7 Å². The predicted molar refractivity (Wildman–Crippen MR) is 80.5 cm³/mol. The Morgan fingerprint density at radius 3 is 2.25 bits per heavy atom. The molecule has 0 radical (unpaired) electrons. The third kappa shape index (κ3) is 2.62. The van der Waals surface area contributed by atoms with E-state index in [9.17, 15) is 5.11 Å². The molecule has 2 aromatic rings. The first-order valence-electron chi connectivity index (χ1n) is 4.37. The van der Waals surface area contributed by atoms with Gasteiger partial charge < -0.3 is 5.11 Å². The van der Waals surface area contributed by atoms with E-state index < -0.39 is 6.10 Å². The summed E-state index contributed by atoms with van der Waals surface area (Å²) in [5.74, 6) is 0. The molecule has 1 atom stereocenters. The molecule has 1 nitrogen and oxygen atoms in total. The van der Waals surface area contributed by atoms with E-state index in [4.69, 9.17) is 0 Å². The fourth-order valence-electron chi connectivity index (χ4n) is 1.31. The molecule has 0 bridgehead atoms. The van der Waals surface area contributed by atoms with Crippen LogP contribution in [0.3, 0.4) is 0 Å². The van der Waals surface area contributed by atoms with Gasteiger partial charge >= 0.3 is 0 Å². The van der Waals surface area contributed by atoms with E-state index in [1.54, 1.807) is 22.7 Å². The Hall–Kier alpha value is 0.800. The molecule has 0 saturated heterocycles. The molecule has 2 aromatic heterocycles. The lowest BCUT2D eigenvalue weighted by Crippen LogP contribution is -1.95. The quantitative estimate of drug-likeness (QED) is 0.647. The molecule has 86 valence electrons. The molecule has 0 fully saturated rings. The number of halogens is 3. The zero-order chi connectivity index (χ0) is 11.9. The summed E-state index contributed by atoms with van der Waals surface area (Å²) in [5.41, 5.74) is 2.06. The average molecular weight is 447 g/mol. The molecule has 0 aliphatic heterocycles. The molecule has 2 heterocycles. The van der Waals surface area contributed by atoms with E-state index in [1.165, 1.54) is 0 Å². The minimum absolute atomic E-state index is 0.563. The van der Waals surface area contributed by atoms with Crippen molar-refractivity contribution >= 4 is 70.5 Å². The summed E-state index contributed by atoms with van der Waals surface area (Å²) in [6, 6.07) is 3.96. The van der Waals surface area contributed by atoms with Crippen molar-refractivity contribution in [3.05, 3.63) is 39.5 Å². The van der Waals surface area contributed by atoms with Crippen LogP contribution >= 0.6 is 70.5 Å². The third-order valence-electron chi connectivity index (χ3n) is 2.12. The van der Waals surface area contributed by atoms with Crippen molar-refractivity contribution in [2.45, 2.75) is 13.0 Å². The summed E-state index contributed by atoms with van der Waals surface area (Å²) in [7, 11) is 0. The lowest BCUT2D eigenvalue weighted by molar-refractivity contribution is 0.224. The molecule has 16 heavy (non-hydrogen) atoms. The van der Waals surface area contributed by atoms with E-state index in [0.717, 1.165) is 27.4 Å². The highest BCUT2D eigenvalue weighted by Gasteiger charge is 2.19. The number of rotatable bonds is 2. The Labute approximate surface area is 127 Å². The van der Waals surface area contributed by atoms with Gasteiger partial charge in [0.05, 0.1) is 11.4 Å². The summed E-state index contributed by atoms with van der Waals surface area (Å²) in [5, 5.41) is 10.3. The van der Waals surface area contributed by atoms with Crippen molar-refractivity contribution in [1.82, 2.24) is 0 Å². The van der Waals surface area contributed by atoms with Gasteiger partial charge in [0.15, 0.2) is 0 Å². The largest absolute Gasteiger partial charge is 0.383 e. The molecule has 6 heteroatoms. The van der Waals surface area contributed by atoms with Gasteiger partial charge in [-0.25, -0.2) is 0 Å². The van der Waals surface area contributed by atoms with Crippen LogP contribution in [0.4, 0.5) is 0 Å². The Kier molecular flexibility index (Phi) is 4.30. The highest BCUT2D eigenvalue weighted by molar-refractivity contribution is 9.12. The van der Waals surface area contributed by atoms with Crippen molar-refractivity contribution in [3.63, 3.8) is 0 Å². The van der Waals surface area contributed by atoms with Crippen molar-refractivity contribution in [2.24, 2.45) is 0 Å². The molecule has 1 N–H and O–H groups in total. The van der Waals surface area contributed by atoms with Gasteiger partial charge in [0.2, 0.25) is 0 Å². The molecule has 0 aliphatic rings. The second-order valence-electron chi connectivity index (χ2n) is 3.29. The molecule has 0 aromatic carbocycles. The average Bonchev–Trinajstić information content (AvgIpc) is 2.70. The van der Waals surface area contributed by atoms with Crippen LogP contribution in [0.2, 0.25) is 0 Å². The molecule has 1 unspecified atom stereocenters. The molecule has 0 spiro atoms. The topological polar surface area (TPSA) is 20.2 Å². The standard InChI is InChI=1S/C10H7Br3OS2/c1-4-2-6(15-9(4)12)8(14)5-3-7(11)16-10(5)13/h2-3,8,14H,1H3. The summed E-state index contributed by atoms with van der Waals surface area (Å²) < 4.78 is 3.06. The van der Waals surface area contributed by atoms with Gasteiger partial charge in [-0.05, 0) is 72.4 Å². The number of aliphatic hydroxyl groups is 1. The summed E-state index contributed by atoms with van der Waals surface area (Å²) in [6.45, 7) is 2.02.